The second-order valence-corrected chi connectivity index (χ2v) is 8.83. The molecule has 3 aromatic carbocycles. The maximum Gasteiger partial charge on any atom is 0.261 e. The van der Waals surface area contributed by atoms with Gasteiger partial charge in [0.15, 0.2) is 11.5 Å². The lowest BCUT2D eigenvalue weighted by Gasteiger charge is -2.21. The molecule has 7 nitrogen and oxygen atoms in total. The number of nitrogens with one attached hydrogen (secondary N) is 2. The van der Waals surface area contributed by atoms with Gasteiger partial charge in [-0.3, -0.25) is 9.52 Å². The molecule has 3 aromatic rings. The van der Waals surface area contributed by atoms with E-state index in [0.717, 1.165) is 23.3 Å². The van der Waals surface area contributed by atoms with E-state index < -0.39 is 15.8 Å². The Bertz CT molecular complexity index is 1210. The van der Waals surface area contributed by atoms with Crippen LogP contribution < -0.4 is 19.5 Å². The molecule has 1 aliphatic heterocycles. The third-order valence-electron chi connectivity index (χ3n) is 4.82. The van der Waals surface area contributed by atoms with Crippen molar-refractivity contribution in [1.82, 2.24) is 5.32 Å². The van der Waals surface area contributed by atoms with Gasteiger partial charge in [0, 0.05) is 17.8 Å². The molecule has 0 atom stereocenters. The van der Waals surface area contributed by atoms with Gasteiger partial charge in [-0.2, -0.15) is 0 Å². The van der Waals surface area contributed by atoms with Gasteiger partial charge in [0.05, 0.1) is 11.3 Å². The summed E-state index contributed by atoms with van der Waals surface area (Å²) in [5.41, 5.74) is 1.90. The van der Waals surface area contributed by atoms with Crippen LogP contribution in [-0.4, -0.2) is 27.5 Å². The van der Waals surface area contributed by atoms with Gasteiger partial charge in [-0.1, -0.05) is 24.3 Å². The van der Waals surface area contributed by atoms with Crippen molar-refractivity contribution < 1.29 is 27.1 Å². The predicted molar refractivity (Wildman–Crippen MR) is 117 cm³/mol. The average molecular weight is 456 g/mol. The zero-order chi connectivity index (χ0) is 22.6. The molecule has 0 aromatic heterocycles. The van der Waals surface area contributed by atoms with Crippen molar-refractivity contribution in [2.24, 2.45) is 0 Å². The van der Waals surface area contributed by atoms with E-state index in [0.29, 0.717) is 36.9 Å². The molecule has 9 heteroatoms. The van der Waals surface area contributed by atoms with E-state index in [1.165, 1.54) is 12.1 Å². The zero-order valence-corrected chi connectivity index (χ0v) is 17.8. The molecular weight excluding hydrogens is 435 g/mol. The molecule has 0 saturated carbocycles. The molecule has 4 rings (SSSR count). The summed E-state index contributed by atoms with van der Waals surface area (Å²) < 4.78 is 51.4. The van der Waals surface area contributed by atoms with Crippen LogP contribution in [0.3, 0.4) is 0 Å². The number of hydrogen-bond donors (Lipinski definition) is 2. The summed E-state index contributed by atoms with van der Waals surface area (Å²) in [6.45, 7) is 1.27. The molecular formula is C23H21FN2O5S. The highest BCUT2D eigenvalue weighted by Gasteiger charge is 2.16. The van der Waals surface area contributed by atoms with Crippen LogP contribution in [0.5, 0.6) is 11.5 Å². The van der Waals surface area contributed by atoms with Crippen molar-refractivity contribution in [3.63, 3.8) is 0 Å². The smallest absolute Gasteiger partial charge is 0.261 e. The van der Waals surface area contributed by atoms with Crippen molar-refractivity contribution >= 4 is 21.6 Å². The van der Waals surface area contributed by atoms with Gasteiger partial charge in [-0.05, 0) is 48.0 Å². The van der Waals surface area contributed by atoms with E-state index >= 15 is 0 Å². The Morgan fingerprint density at radius 1 is 0.938 bits per heavy atom. The number of rotatable bonds is 7. The van der Waals surface area contributed by atoms with Crippen LogP contribution in [0.25, 0.3) is 0 Å². The van der Waals surface area contributed by atoms with Crippen molar-refractivity contribution in [3.05, 3.63) is 83.7 Å². The van der Waals surface area contributed by atoms with Crippen LogP contribution in [0.1, 0.15) is 11.1 Å². The van der Waals surface area contributed by atoms with Crippen molar-refractivity contribution in [2.45, 2.75) is 17.9 Å². The number of para-hydroxylation sites is 1. The number of fused-ring (bicyclic) bond motifs is 1. The Labute approximate surface area is 185 Å². The minimum Gasteiger partial charge on any atom is -0.486 e. The Morgan fingerprint density at radius 3 is 2.41 bits per heavy atom. The Morgan fingerprint density at radius 2 is 1.66 bits per heavy atom. The molecule has 0 radical (unpaired) electrons. The van der Waals surface area contributed by atoms with E-state index in [1.807, 2.05) is 18.2 Å². The molecule has 166 valence electrons. The number of benzene rings is 3. The summed E-state index contributed by atoms with van der Waals surface area (Å²) in [5, 5.41) is 2.86. The van der Waals surface area contributed by atoms with Gasteiger partial charge in [-0.25, -0.2) is 12.8 Å². The first-order chi connectivity index (χ1) is 15.4. The van der Waals surface area contributed by atoms with Crippen molar-refractivity contribution in [1.29, 1.82) is 0 Å². The number of ether oxygens (including phenoxy) is 2. The van der Waals surface area contributed by atoms with E-state index in [-0.39, 0.29) is 17.2 Å². The van der Waals surface area contributed by atoms with E-state index in [9.17, 15) is 17.6 Å². The molecule has 0 spiro atoms. The highest BCUT2D eigenvalue weighted by atomic mass is 32.2. The van der Waals surface area contributed by atoms with Crippen LogP contribution in [0.4, 0.5) is 10.1 Å². The molecule has 1 amide bonds. The predicted octanol–water partition coefficient (Wildman–Crippen LogP) is 3.26. The molecule has 32 heavy (non-hydrogen) atoms. The second-order valence-electron chi connectivity index (χ2n) is 7.15. The Balaban J connectivity index is 1.33. The summed E-state index contributed by atoms with van der Waals surface area (Å²) in [6.07, 6.45) is 0.136. The summed E-state index contributed by atoms with van der Waals surface area (Å²) in [7, 11) is -3.83. The number of halogens is 1. The largest absolute Gasteiger partial charge is 0.486 e. The minimum atomic E-state index is -3.83. The SMILES string of the molecule is O=C(Cc1ccc(NS(=O)(=O)c2ccc(F)cc2)cc1)NCc1cccc2c1OCCO2. The fourth-order valence-electron chi connectivity index (χ4n) is 3.23. The van der Waals surface area contributed by atoms with Gasteiger partial charge in [-0.15, -0.1) is 0 Å². The van der Waals surface area contributed by atoms with Crippen molar-refractivity contribution in [2.75, 3.05) is 17.9 Å². The lowest BCUT2D eigenvalue weighted by Crippen LogP contribution is -2.25. The molecule has 1 aliphatic rings. The summed E-state index contributed by atoms with van der Waals surface area (Å²) in [5.74, 6) is 0.622. The summed E-state index contributed by atoms with van der Waals surface area (Å²) in [4.78, 5) is 12.3. The lowest BCUT2D eigenvalue weighted by atomic mass is 10.1. The third kappa shape index (κ3) is 5.17. The maximum atomic E-state index is 13.0. The Hall–Kier alpha value is -3.59. The van der Waals surface area contributed by atoms with Crippen LogP contribution in [-0.2, 0) is 27.8 Å². The standard InChI is InChI=1S/C23H21FN2O5S/c24-18-6-10-20(11-7-18)32(28,29)26-19-8-4-16(5-9-19)14-22(27)25-15-17-2-1-3-21-23(17)31-13-12-30-21/h1-11,26H,12-15H2,(H,25,27). The van der Waals surface area contributed by atoms with Gasteiger partial charge in [0.25, 0.3) is 10.0 Å². The van der Waals surface area contributed by atoms with Gasteiger partial charge in [0.1, 0.15) is 19.0 Å². The number of carbonyl (C=O) groups excluding carboxylic acids is 1. The highest BCUT2D eigenvalue weighted by molar-refractivity contribution is 7.92. The molecule has 1 heterocycles. The first-order valence-corrected chi connectivity index (χ1v) is 11.4. The van der Waals surface area contributed by atoms with E-state index in [4.69, 9.17) is 9.47 Å². The first kappa shape index (κ1) is 21.6. The second kappa shape index (κ2) is 9.27. The van der Waals surface area contributed by atoms with E-state index in [1.54, 1.807) is 24.3 Å². The number of hydrogen-bond acceptors (Lipinski definition) is 5. The fraction of sp³-hybridized carbons (Fsp3) is 0.174. The van der Waals surface area contributed by atoms with E-state index in [2.05, 4.69) is 10.0 Å². The summed E-state index contributed by atoms with van der Waals surface area (Å²) in [6, 6.07) is 16.6. The van der Waals surface area contributed by atoms with Crippen LogP contribution >= 0.6 is 0 Å². The molecule has 0 bridgehead atoms. The van der Waals surface area contributed by atoms with Crippen LogP contribution in [0.2, 0.25) is 0 Å². The normalized spacial score (nSPS) is 12.8. The quantitative estimate of drug-likeness (QED) is 0.569. The van der Waals surface area contributed by atoms with Gasteiger partial charge in [0.2, 0.25) is 5.91 Å². The number of amides is 1. The molecule has 0 unspecified atom stereocenters. The number of anilines is 1. The lowest BCUT2D eigenvalue weighted by molar-refractivity contribution is -0.120. The number of sulfonamides is 1. The van der Waals surface area contributed by atoms with Gasteiger partial charge >= 0.3 is 0 Å². The first-order valence-electron chi connectivity index (χ1n) is 9.92. The molecule has 2 N–H and O–H groups in total. The average Bonchev–Trinajstić information content (AvgIpc) is 2.79. The summed E-state index contributed by atoms with van der Waals surface area (Å²) >= 11 is 0. The Kier molecular flexibility index (Phi) is 6.27. The number of carbonyl (C=O) groups is 1. The van der Waals surface area contributed by atoms with Gasteiger partial charge < -0.3 is 14.8 Å². The topological polar surface area (TPSA) is 93.7 Å². The van der Waals surface area contributed by atoms with Crippen LogP contribution in [0.15, 0.2) is 71.6 Å². The molecule has 0 saturated heterocycles. The highest BCUT2D eigenvalue weighted by Crippen LogP contribution is 2.33. The molecule has 0 aliphatic carbocycles. The fourth-order valence-corrected chi connectivity index (χ4v) is 4.29. The molecule has 0 fully saturated rings. The minimum absolute atomic E-state index is 0.0418. The third-order valence-corrected chi connectivity index (χ3v) is 6.22. The van der Waals surface area contributed by atoms with Crippen LogP contribution in [0, 0.1) is 5.82 Å². The monoisotopic (exact) mass is 456 g/mol. The maximum absolute atomic E-state index is 13.0. The van der Waals surface area contributed by atoms with Crippen molar-refractivity contribution in [3.8, 4) is 11.5 Å². The zero-order valence-electron chi connectivity index (χ0n) is 17.0.